The summed E-state index contributed by atoms with van der Waals surface area (Å²) >= 11 is 0. The fraction of sp³-hybridized carbons (Fsp3) is 0.542. The Kier molecular flexibility index (Phi) is 9.92. The molecule has 0 amide bonds. The summed E-state index contributed by atoms with van der Waals surface area (Å²) in [5.74, 6) is 1.62. The molecule has 0 radical (unpaired) electrons. The van der Waals surface area contributed by atoms with E-state index < -0.39 is 6.10 Å². The molecule has 1 aliphatic rings. The number of nitrogens with zero attached hydrogens (tertiary/aromatic N) is 2. The molecule has 3 rings (SSSR count). The number of hydrogen-bond donors (Lipinski definition) is 2. The Morgan fingerprint density at radius 3 is 2.67 bits per heavy atom. The second kappa shape index (κ2) is 13.2. The number of aromatic nitrogens is 1. The molecule has 0 saturated carbocycles. The molecule has 1 aromatic heterocycles. The largest absolute Gasteiger partial charge is 0.492 e. The number of pyridine rings is 1. The van der Waals surface area contributed by atoms with Gasteiger partial charge in [-0.1, -0.05) is 25.0 Å². The Morgan fingerprint density at radius 2 is 1.87 bits per heavy atom. The van der Waals surface area contributed by atoms with Crippen LogP contribution >= 0.6 is 0 Å². The highest BCUT2D eigenvalue weighted by Gasteiger charge is 2.14. The zero-order valence-corrected chi connectivity index (χ0v) is 17.8. The van der Waals surface area contributed by atoms with E-state index in [-0.39, 0.29) is 0 Å². The van der Waals surface area contributed by atoms with Crippen molar-refractivity contribution in [2.45, 2.75) is 44.8 Å². The van der Waals surface area contributed by atoms with Crippen LogP contribution in [0.15, 0.2) is 48.8 Å². The van der Waals surface area contributed by atoms with Gasteiger partial charge in [0, 0.05) is 19.3 Å². The van der Waals surface area contributed by atoms with Crippen molar-refractivity contribution in [3.63, 3.8) is 0 Å². The molecule has 6 heteroatoms. The second-order valence-electron chi connectivity index (χ2n) is 7.89. The predicted octanol–water partition coefficient (Wildman–Crippen LogP) is 3.26. The zero-order chi connectivity index (χ0) is 20.9. The highest BCUT2D eigenvalue weighted by molar-refractivity contribution is 5.28. The molecule has 1 saturated heterocycles. The Bertz CT molecular complexity index is 706. The van der Waals surface area contributed by atoms with Crippen molar-refractivity contribution in [1.82, 2.24) is 15.2 Å². The standard InChI is InChI=1S/C24H35N3O3/c28-22(19-27-13-3-1-2-4-14-27)20-30-23-9-5-8-21(16-23)17-25-12-7-15-29-24-10-6-11-26-18-24/h5-6,8-11,16,18,22,25,28H,1-4,7,12-15,17,19-20H2/t22-/m0/s1. The van der Waals surface area contributed by atoms with Crippen molar-refractivity contribution < 1.29 is 14.6 Å². The number of β-amino-alcohol motifs (C(OH)–C–C–N with tert-alkyl or cyclic N) is 1. The summed E-state index contributed by atoms with van der Waals surface area (Å²) < 4.78 is 11.5. The molecular formula is C24H35N3O3. The lowest BCUT2D eigenvalue weighted by molar-refractivity contribution is 0.0693. The number of hydrogen-bond acceptors (Lipinski definition) is 6. The third kappa shape index (κ3) is 8.69. The SMILES string of the molecule is O[C@H](COc1cccc(CNCCCOc2cccnc2)c1)CN1CCCCCC1. The summed E-state index contributed by atoms with van der Waals surface area (Å²) in [6, 6.07) is 11.9. The van der Waals surface area contributed by atoms with Crippen LogP contribution < -0.4 is 14.8 Å². The highest BCUT2D eigenvalue weighted by Crippen LogP contribution is 2.15. The third-order valence-corrected chi connectivity index (χ3v) is 5.24. The van der Waals surface area contributed by atoms with Gasteiger partial charge in [0.25, 0.3) is 0 Å². The molecule has 2 heterocycles. The first-order chi connectivity index (χ1) is 14.8. The quantitative estimate of drug-likeness (QED) is 0.521. The fourth-order valence-corrected chi connectivity index (χ4v) is 3.66. The van der Waals surface area contributed by atoms with Gasteiger partial charge in [0.05, 0.1) is 12.8 Å². The van der Waals surface area contributed by atoms with E-state index >= 15 is 0 Å². The van der Waals surface area contributed by atoms with Gasteiger partial charge in [0.1, 0.15) is 24.2 Å². The average Bonchev–Trinajstić information content (AvgIpc) is 3.04. The minimum atomic E-state index is -0.454. The zero-order valence-electron chi connectivity index (χ0n) is 17.8. The molecule has 0 bridgehead atoms. The van der Waals surface area contributed by atoms with Crippen molar-refractivity contribution in [1.29, 1.82) is 0 Å². The lowest BCUT2D eigenvalue weighted by atomic mass is 10.2. The van der Waals surface area contributed by atoms with Crippen molar-refractivity contribution in [3.8, 4) is 11.5 Å². The molecule has 30 heavy (non-hydrogen) atoms. The maximum absolute atomic E-state index is 10.3. The van der Waals surface area contributed by atoms with E-state index in [0.29, 0.717) is 19.8 Å². The van der Waals surface area contributed by atoms with Crippen LogP contribution in [-0.4, -0.2) is 60.5 Å². The smallest absolute Gasteiger partial charge is 0.137 e. The van der Waals surface area contributed by atoms with Gasteiger partial charge in [0.2, 0.25) is 0 Å². The lowest BCUT2D eigenvalue weighted by Crippen LogP contribution is -2.36. The third-order valence-electron chi connectivity index (χ3n) is 5.24. The number of aliphatic hydroxyl groups is 1. The predicted molar refractivity (Wildman–Crippen MR) is 119 cm³/mol. The van der Waals surface area contributed by atoms with Crippen molar-refractivity contribution >= 4 is 0 Å². The first-order valence-electron chi connectivity index (χ1n) is 11.2. The van der Waals surface area contributed by atoms with E-state index in [1.165, 1.54) is 31.2 Å². The topological polar surface area (TPSA) is 66.8 Å². The van der Waals surface area contributed by atoms with E-state index in [4.69, 9.17) is 9.47 Å². The average molecular weight is 414 g/mol. The molecule has 6 nitrogen and oxygen atoms in total. The number of rotatable bonds is 12. The minimum Gasteiger partial charge on any atom is -0.492 e. The Morgan fingerprint density at radius 1 is 1.03 bits per heavy atom. The summed E-state index contributed by atoms with van der Waals surface area (Å²) in [4.78, 5) is 6.40. The van der Waals surface area contributed by atoms with Crippen LogP contribution in [0.3, 0.4) is 0 Å². The minimum absolute atomic E-state index is 0.332. The van der Waals surface area contributed by atoms with Crippen LogP contribution in [0.1, 0.15) is 37.7 Å². The van der Waals surface area contributed by atoms with Gasteiger partial charge in [-0.3, -0.25) is 4.98 Å². The molecule has 1 fully saturated rings. The molecule has 0 spiro atoms. The summed E-state index contributed by atoms with van der Waals surface area (Å²) in [7, 11) is 0. The van der Waals surface area contributed by atoms with E-state index in [9.17, 15) is 5.11 Å². The molecule has 164 valence electrons. The number of benzene rings is 1. The molecule has 0 unspecified atom stereocenters. The number of likely N-dealkylation sites (tertiary alicyclic amines) is 1. The second-order valence-corrected chi connectivity index (χ2v) is 7.89. The van der Waals surface area contributed by atoms with Crippen LogP contribution in [0.2, 0.25) is 0 Å². The highest BCUT2D eigenvalue weighted by atomic mass is 16.5. The van der Waals surface area contributed by atoms with E-state index in [2.05, 4.69) is 21.3 Å². The first-order valence-corrected chi connectivity index (χ1v) is 11.2. The summed E-state index contributed by atoms with van der Waals surface area (Å²) in [6.45, 7) is 5.52. The van der Waals surface area contributed by atoms with Gasteiger partial charge >= 0.3 is 0 Å². The van der Waals surface area contributed by atoms with Crippen LogP contribution in [0.4, 0.5) is 0 Å². The van der Waals surface area contributed by atoms with E-state index in [1.807, 2.05) is 30.3 Å². The summed E-state index contributed by atoms with van der Waals surface area (Å²) in [6.07, 6.45) is 9.02. The van der Waals surface area contributed by atoms with Crippen LogP contribution in [0, 0.1) is 0 Å². The fourth-order valence-electron chi connectivity index (χ4n) is 3.66. The van der Waals surface area contributed by atoms with Crippen LogP contribution in [0.25, 0.3) is 0 Å². The maximum atomic E-state index is 10.3. The van der Waals surface area contributed by atoms with Gasteiger partial charge in [-0.25, -0.2) is 0 Å². The first kappa shape index (κ1) is 22.5. The maximum Gasteiger partial charge on any atom is 0.137 e. The van der Waals surface area contributed by atoms with Crippen molar-refractivity contribution in [3.05, 3.63) is 54.4 Å². The Balaban J connectivity index is 1.30. The van der Waals surface area contributed by atoms with Crippen LogP contribution in [-0.2, 0) is 6.54 Å². The lowest BCUT2D eigenvalue weighted by Gasteiger charge is -2.23. The van der Waals surface area contributed by atoms with Gasteiger partial charge in [-0.05, 0) is 68.7 Å². The molecule has 2 aromatic rings. The molecule has 2 N–H and O–H groups in total. The number of ether oxygens (including phenoxy) is 2. The van der Waals surface area contributed by atoms with Gasteiger partial charge in [0.15, 0.2) is 0 Å². The normalized spacial score (nSPS) is 16.0. The Labute approximate surface area is 180 Å². The molecule has 0 aliphatic carbocycles. The van der Waals surface area contributed by atoms with E-state index in [0.717, 1.165) is 44.1 Å². The number of nitrogens with one attached hydrogen (secondary N) is 1. The van der Waals surface area contributed by atoms with Crippen molar-refractivity contribution in [2.75, 3.05) is 39.4 Å². The van der Waals surface area contributed by atoms with Crippen LogP contribution in [0.5, 0.6) is 11.5 Å². The molecular weight excluding hydrogens is 378 g/mol. The van der Waals surface area contributed by atoms with Crippen molar-refractivity contribution in [2.24, 2.45) is 0 Å². The van der Waals surface area contributed by atoms with E-state index in [1.54, 1.807) is 12.4 Å². The van der Waals surface area contributed by atoms with Gasteiger partial charge in [-0.2, -0.15) is 0 Å². The Hall–Kier alpha value is -2.15. The monoisotopic (exact) mass is 413 g/mol. The van der Waals surface area contributed by atoms with Gasteiger partial charge in [-0.15, -0.1) is 0 Å². The summed E-state index contributed by atoms with van der Waals surface area (Å²) in [5, 5.41) is 13.8. The molecule has 1 atom stereocenters. The molecule has 1 aromatic carbocycles. The number of aliphatic hydroxyl groups excluding tert-OH is 1. The summed E-state index contributed by atoms with van der Waals surface area (Å²) in [5.41, 5.74) is 1.17. The molecule has 1 aliphatic heterocycles. The van der Waals surface area contributed by atoms with Gasteiger partial charge < -0.3 is 24.8 Å².